The van der Waals surface area contributed by atoms with Crippen LogP contribution in [-0.2, 0) is 0 Å². The highest BCUT2D eigenvalue weighted by atomic mass is 79.9. The standard InChI is InChI=1S/C16H12BrN3O/c17-14-7-2-1-6-13(14)16(21)19-12-5-3-4-11(10-12)15-8-9-18-20-15/h1-10H,(H,18,20)(H,19,21). The number of anilines is 1. The van der Waals surface area contributed by atoms with Gasteiger partial charge in [0.1, 0.15) is 0 Å². The molecule has 0 bridgehead atoms. The fraction of sp³-hybridized carbons (Fsp3) is 0. The molecule has 2 aromatic carbocycles. The Hall–Kier alpha value is -2.40. The smallest absolute Gasteiger partial charge is 0.256 e. The molecular weight excluding hydrogens is 330 g/mol. The molecule has 0 radical (unpaired) electrons. The highest BCUT2D eigenvalue weighted by molar-refractivity contribution is 9.10. The van der Waals surface area contributed by atoms with Gasteiger partial charge in [0.15, 0.2) is 0 Å². The van der Waals surface area contributed by atoms with Crippen molar-refractivity contribution in [3.63, 3.8) is 0 Å². The topological polar surface area (TPSA) is 57.8 Å². The summed E-state index contributed by atoms with van der Waals surface area (Å²) >= 11 is 3.38. The molecule has 1 heterocycles. The Morgan fingerprint density at radius 2 is 1.95 bits per heavy atom. The summed E-state index contributed by atoms with van der Waals surface area (Å²) in [6.07, 6.45) is 1.70. The Balaban J connectivity index is 1.84. The van der Waals surface area contributed by atoms with Crippen LogP contribution < -0.4 is 5.32 Å². The van der Waals surface area contributed by atoms with Gasteiger partial charge in [-0.25, -0.2) is 0 Å². The summed E-state index contributed by atoms with van der Waals surface area (Å²) in [6.45, 7) is 0. The predicted octanol–water partition coefficient (Wildman–Crippen LogP) is 4.09. The molecule has 3 rings (SSSR count). The van der Waals surface area contributed by atoms with Gasteiger partial charge in [-0.3, -0.25) is 9.89 Å². The number of amides is 1. The van der Waals surface area contributed by atoms with Crippen LogP contribution in [0.3, 0.4) is 0 Å². The number of nitrogens with one attached hydrogen (secondary N) is 2. The van der Waals surface area contributed by atoms with Gasteiger partial charge in [0.25, 0.3) is 5.91 Å². The second-order valence-electron chi connectivity index (χ2n) is 4.49. The number of rotatable bonds is 3. The maximum atomic E-state index is 12.3. The minimum atomic E-state index is -0.149. The second-order valence-corrected chi connectivity index (χ2v) is 5.34. The quantitative estimate of drug-likeness (QED) is 0.753. The molecule has 0 saturated carbocycles. The maximum Gasteiger partial charge on any atom is 0.256 e. The Kier molecular flexibility index (Phi) is 3.83. The highest BCUT2D eigenvalue weighted by Gasteiger charge is 2.10. The van der Waals surface area contributed by atoms with Gasteiger partial charge < -0.3 is 5.32 Å². The zero-order valence-electron chi connectivity index (χ0n) is 11.0. The third-order valence-electron chi connectivity index (χ3n) is 3.05. The van der Waals surface area contributed by atoms with E-state index in [0.717, 1.165) is 21.4 Å². The molecular formula is C16H12BrN3O. The summed E-state index contributed by atoms with van der Waals surface area (Å²) in [5, 5.41) is 9.73. The van der Waals surface area contributed by atoms with Crippen LogP contribution in [0.5, 0.6) is 0 Å². The van der Waals surface area contributed by atoms with Crippen LogP contribution in [0.2, 0.25) is 0 Å². The number of carbonyl (C=O) groups is 1. The molecule has 0 aliphatic rings. The third-order valence-corrected chi connectivity index (χ3v) is 3.74. The van der Waals surface area contributed by atoms with Crippen molar-refractivity contribution < 1.29 is 4.79 Å². The fourth-order valence-electron chi connectivity index (χ4n) is 2.02. The van der Waals surface area contributed by atoms with Crippen LogP contribution in [0, 0.1) is 0 Å². The zero-order valence-corrected chi connectivity index (χ0v) is 12.6. The molecule has 3 aromatic rings. The van der Waals surface area contributed by atoms with E-state index in [-0.39, 0.29) is 5.91 Å². The van der Waals surface area contributed by atoms with Crippen molar-refractivity contribution in [1.29, 1.82) is 0 Å². The van der Waals surface area contributed by atoms with Crippen molar-refractivity contribution in [1.82, 2.24) is 10.2 Å². The number of H-pyrrole nitrogens is 1. The van der Waals surface area contributed by atoms with Gasteiger partial charge >= 0.3 is 0 Å². The van der Waals surface area contributed by atoms with E-state index in [1.165, 1.54) is 0 Å². The summed E-state index contributed by atoms with van der Waals surface area (Å²) in [5.41, 5.74) is 3.22. The summed E-state index contributed by atoms with van der Waals surface area (Å²) in [5.74, 6) is -0.149. The van der Waals surface area contributed by atoms with Crippen molar-refractivity contribution in [2.45, 2.75) is 0 Å². The molecule has 0 spiro atoms. The Morgan fingerprint density at radius 3 is 2.71 bits per heavy atom. The van der Waals surface area contributed by atoms with E-state index in [4.69, 9.17) is 0 Å². The van der Waals surface area contributed by atoms with E-state index in [9.17, 15) is 4.79 Å². The number of aromatic nitrogens is 2. The van der Waals surface area contributed by atoms with Gasteiger partial charge in [0.05, 0.1) is 11.3 Å². The fourth-order valence-corrected chi connectivity index (χ4v) is 2.49. The number of halogens is 1. The Labute approximate surface area is 130 Å². The van der Waals surface area contributed by atoms with Gasteiger partial charge in [-0.1, -0.05) is 24.3 Å². The molecule has 0 aliphatic carbocycles. The lowest BCUT2D eigenvalue weighted by Gasteiger charge is -2.08. The second kappa shape index (κ2) is 5.93. The van der Waals surface area contributed by atoms with Crippen LogP contribution >= 0.6 is 15.9 Å². The van der Waals surface area contributed by atoms with Crippen molar-refractivity contribution in [3.05, 3.63) is 70.8 Å². The minimum Gasteiger partial charge on any atom is -0.322 e. The first kappa shape index (κ1) is 13.6. The molecule has 4 nitrogen and oxygen atoms in total. The summed E-state index contributed by atoms with van der Waals surface area (Å²) < 4.78 is 0.771. The van der Waals surface area contributed by atoms with E-state index in [2.05, 4.69) is 31.4 Å². The van der Waals surface area contributed by atoms with E-state index >= 15 is 0 Å². The molecule has 21 heavy (non-hydrogen) atoms. The van der Waals surface area contributed by atoms with Crippen LogP contribution in [-0.4, -0.2) is 16.1 Å². The van der Waals surface area contributed by atoms with Crippen molar-refractivity contribution >= 4 is 27.5 Å². The normalized spacial score (nSPS) is 10.3. The molecule has 0 unspecified atom stereocenters. The number of hydrogen-bond donors (Lipinski definition) is 2. The molecule has 0 atom stereocenters. The number of aromatic amines is 1. The monoisotopic (exact) mass is 341 g/mol. The summed E-state index contributed by atoms with van der Waals surface area (Å²) in [6, 6.07) is 16.8. The Bertz CT molecular complexity index is 769. The van der Waals surface area contributed by atoms with Crippen LogP contribution in [0.4, 0.5) is 5.69 Å². The third kappa shape index (κ3) is 3.03. The predicted molar refractivity (Wildman–Crippen MR) is 86.1 cm³/mol. The first-order valence-electron chi connectivity index (χ1n) is 6.40. The lowest BCUT2D eigenvalue weighted by Crippen LogP contribution is -2.12. The van der Waals surface area contributed by atoms with E-state index in [0.29, 0.717) is 5.56 Å². The number of carbonyl (C=O) groups excluding carboxylic acids is 1. The number of benzene rings is 2. The lowest BCUT2D eigenvalue weighted by atomic mass is 10.1. The van der Waals surface area contributed by atoms with E-state index in [1.807, 2.05) is 48.5 Å². The molecule has 0 fully saturated rings. The zero-order chi connectivity index (χ0) is 14.7. The summed E-state index contributed by atoms with van der Waals surface area (Å²) in [7, 11) is 0. The van der Waals surface area contributed by atoms with Gasteiger partial charge in [0, 0.05) is 21.9 Å². The van der Waals surface area contributed by atoms with Gasteiger partial charge in [-0.2, -0.15) is 5.10 Å². The molecule has 0 saturated heterocycles. The van der Waals surface area contributed by atoms with E-state index < -0.39 is 0 Å². The number of nitrogens with zero attached hydrogens (tertiary/aromatic N) is 1. The van der Waals surface area contributed by atoms with Crippen molar-refractivity contribution in [3.8, 4) is 11.3 Å². The summed E-state index contributed by atoms with van der Waals surface area (Å²) in [4.78, 5) is 12.3. The van der Waals surface area contributed by atoms with Crippen molar-refractivity contribution in [2.24, 2.45) is 0 Å². The first-order chi connectivity index (χ1) is 10.2. The molecule has 1 amide bonds. The largest absolute Gasteiger partial charge is 0.322 e. The average molecular weight is 342 g/mol. The molecule has 0 aliphatic heterocycles. The van der Waals surface area contributed by atoms with Crippen molar-refractivity contribution in [2.75, 3.05) is 5.32 Å². The maximum absolute atomic E-state index is 12.3. The Morgan fingerprint density at radius 1 is 1.10 bits per heavy atom. The average Bonchev–Trinajstić information content (AvgIpc) is 3.02. The van der Waals surface area contributed by atoms with Crippen LogP contribution in [0.25, 0.3) is 11.3 Å². The van der Waals surface area contributed by atoms with E-state index in [1.54, 1.807) is 12.3 Å². The molecule has 2 N–H and O–H groups in total. The van der Waals surface area contributed by atoms with Crippen LogP contribution in [0.15, 0.2) is 65.3 Å². The SMILES string of the molecule is O=C(Nc1cccc(-c2ccn[nH]2)c1)c1ccccc1Br. The van der Waals surface area contributed by atoms with Gasteiger partial charge in [0.2, 0.25) is 0 Å². The molecule has 1 aromatic heterocycles. The van der Waals surface area contributed by atoms with Gasteiger partial charge in [-0.05, 0) is 46.3 Å². The lowest BCUT2D eigenvalue weighted by molar-refractivity contribution is 0.102. The minimum absolute atomic E-state index is 0.149. The number of hydrogen-bond acceptors (Lipinski definition) is 2. The highest BCUT2D eigenvalue weighted by Crippen LogP contribution is 2.22. The van der Waals surface area contributed by atoms with Gasteiger partial charge in [-0.15, -0.1) is 0 Å². The first-order valence-corrected chi connectivity index (χ1v) is 7.19. The van der Waals surface area contributed by atoms with Crippen LogP contribution in [0.1, 0.15) is 10.4 Å². The molecule has 5 heteroatoms. The molecule has 104 valence electrons.